The normalized spacial score (nSPS) is 8.27. The number of aliphatic carboxylic acids is 2. The Hall–Kier alpha value is -1.61. The number of carboxylic acid groups (broad SMARTS) is 2. The van der Waals surface area contributed by atoms with Crippen molar-refractivity contribution >= 4 is 11.9 Å². The van der Waals surface area contributed by atoms with Crippen LogP contribution >= 0.6 is 0 Å². The fourth-order valence-electron chi connectivity index (χ4n) is 0.602. The van der Waals surface area contributed by atoms with Crippen LogP contribution in [0.2, 0.25) is 0 Å². The number of carbonyl (C=O) groups is 2. The van der Waals surface area contributed by atoms with Crippen LogP contribution in [0.5, 0.6) is 0 Å². The molecule has 15 heavy (non-hydrogen) atoms. The highest BCUT2D eigenvalue weighted by molar-refractivity contribution is 5.67. The second kappa shape index (κ2) is 12.4. The number of unbranched alkanes of at least 4 members (excludes halogenated alkanes) is 1. The molecular formula is C9H15NO5. The molecular weight excluding hydrogens is 202 g/mol. The van der Waals surface area contributed by atoms with E-state index in [4.69, 9.17) is 20.6 Å². The Labute approximate surface area is 87.8 Å². The molecule has 0 aromatic carbocycles. The molecule has 0 aliphatic heterocycles. The van der Waals surface area contributed by atoms with Gasteiger partial charge in [0.15, 0.2) is 0 Å². The molecule has 0 amide bonds. The topological polar surface area (TPSA) is 119 Å². The van der Waals surface area contributed by atoms with Crippen molar-refractivity contribution in [2.24, 2.45) is 0 Å². The fourth-order valence-corrected chi connectivity index (χ4v) is 0.602. The lowest BCUT2D eigenvalue weighted by atomic mass is 10.2. The van der Waals surface area contributed by atoms with Crippen LogP contribution in [0.3, 0.4) is 0 Å². The standard InChI is InChI=1S/C6H10O4.C3H5NO/c7-5(8)3-1-2-4-6(9)10;4-2-1-3-5/h1-4H2,(H,7,8)(H,9,10);5H,1,3H2. The summed E-state index contributed by atoms with van der Waals surface area (Å²) < 4.78 is 0. The monoisotopic (exact) mass is 217 g/mol. The third kappa shape index (κ3) is 24.5. The average molecular weight is 217 g/mol. The van der Waals surface area contributed by atoms with Gasteiger partial charge in [0, 0.05) is 12.8 Å². The molecule has 0 fully saturated rings. The Morgan fingerprint density at radius 3 is 1.60 bits per heavy atom. The summed E-state index contributed by atoms with van der Waals surface area (Å²) in [4.78, 5) is 19.8. The molecule has 0 aromatic heterocycles. The predicted octanol–water partition coefficient (Wildman–Crippen LogP) is 0.608. The third-order valence-electron chi connectivity index (χ3n) is 1.25. The number of nitrogens with zero attached hydrogens (tertiary/aromatic N) is 1. The van der Waals surface area contributed by atoms with Gasteiger partial charge in [-0.2, -0.15) is 5.26 Å². The van der Waals surface area contributed by atoms with E-state index < -0.39 is 11.9 Å². The molecule has 0 rings (SSSR count). The lowest BCUT2D eigenvalue weighted by molar-refractivity contribution is -0.139. The van der Waals surface area contributed by atoms with Gasteiger partial charge in [0.05, 0.1) is 19.1 Å². The summed E-state index contributed by atoms with van der Waals surface area (Å²) in [5.74, 6) is -1.74. The SMILES string of the molecule is N#CCCO.O=C(O)CCCCC(=O)O. The molecule has 6 nitrogen and oxygen atoms in total. The Bertz CT molecular complexity index is 205. The molecule has 86 valence electrons. The van der Waals surface area contributed by atoms with E-state index in [9.17, 15) is 9.59 Å². The lowest BCUT2D eigenvalue weighted by Gasteiger charge is -1.92. The van der Waals surface area contributed by atoms with E-state index in [-0.39, 0.29) is 25.9 Å². The largest absolute Gasteiger partial charge is 0.481 e. The third-order valence-corrected chi connectivity index (χ3v) is 1.25. The number of rotatable bonds is 6. The van der Waals surface area contributed by atoms with Gasteiger partial charge in [-0.05, 0) is 12.8 Å². The van der Waals surface area contributed by atoms with Gasteiger partial charge >= 0.3 is 11.9 Å². The van der Waals surface area contributed by atoms with Crippen molar-refractivity contribution < 1.29 is 24.9 Å². The predicted molar refractivity (Wildman–Crippen MR) is 51.1 cm³/mol. The summed E-state index contributed by atoms with van der Waals surface area (Å²) in [5.41, 5.74) is 0. The van der Waals surface area contributed by atoms with E-state index in [2.05, 4.69) is 0 Å². The minimum absolute atomic E-state index is 0.0174. The number of aliphatic hydroxyl groups excluding tert-OH is 1. The van der Waals surface area contributed by atoms with Crippen molar-refractivity contribution in [1.82, 2.24) is 0 Å². The van der Waals surface area contributed by atoms with Gasteiger partial charge in [-0.25, -0.2) is 0 Å². The molecule has 0 spiro atoms. The van der Waals surface area contributed by atoms with Crippen molar-refractivity contribution in [2.45, 2.75) is 32.1 Å². The Morgan fingerprint density at radius 1 is 1.07 bits per heavy atom. The van der Waals surface area contributed by atoms with Crippen molar-refractivity contribution in [3.8, 4) is 6.07 Å². The van der Waals surface area contributed by atoms with Crippen LogP contribution in [-0.2, 0) is 9.59 Å². The maximum atomic E-state index is 9.90. The molecule has 0 aromatic rings. The van der Waals surface area contributed by atoms with Gasteiger partial charge in [0.2, 0.25) is 0 Å². The maximum absolute atomic E-state index is 9.90. The first kappa shape index (κ1) is 15.8. The molecule has 6 heteroatoms. The molecule has 0 atom stereocenters. The maximum Gasteiger partial charge on any atom is 0.303 e. The summed E-state index contributed by atoms with van der Waals surface area (Å²) in [7, 11) is 0. The van der Waals surface area contributed by atoms with E-state index in [1.165, 1.54) is 0 Å². The average Bonchev–Trinajstić information content (AvgIpc) is 2.14. The van der Waals surface area contributed by atoms with Crippen LogP contribution in [0, 0.1) is 11.3 Å². The van der Waals surface area contributed by atoms with Crippen LogP contribution < -0.4 is 0 Å². The van der Waals surface area contributed by atoms with Crippen LogP contribution in [0.4, 0.5) is 0 Å². The molecule has 0 radical (unpaired) electrons. The van der Waals surface area contributed by atoms with Gasteiger partial charge in [0.25, 0.3) is 0 Å². The zero-order valence-electron chi connectivity index (χ0n) is 8.35. The van der Waals surface area contributed by atoms with Crippen LogP contribution in [0.15, 0.2) is 0 Å². The van der Waals surface area contributed by atoms with E-state index in [0.717, 1.165) is 0 Å². The molecule has 0 saturated heterocycles. The van der Waals surface area contributed by atoms with Crippen LogP contribution in [0.25, 0.3) is 0 Å². The minimum atomic E-state index is -0.870. The zero-order valence-corrected chi connectivity index (χ0v) is 8.35. The van der Waals surface area contributed by atoms with E-state index in [0.29, 0.717) is 12.8 Å². The van der Waals surface area contributed by atoms with Crippen molar-refractivity contribution in [1.29, 1.82) is 5.26 Å². The van der Waals surface area contributed by atoms with E-state index in [1.807, 2.05) is 0 Å². The molecule has 0 bridgehead atoms. The Morgan fingerprint density at radius 2 is 1.47 bits per heavy atom. The number of hydrogen-bond donors (Lipinski definition) is 3. The van der Waals surface area contributed by atoms with Crippen molar-refractivity contribution in [3.63, 3.8) is 0 Å². The second-order valence-corrected chi connectivity index (χ2v) is 2.63. The summed E-state index contributed by atoms with van der Waals surface area (Å²) in [6.45, 7) is -0.0174. The summed E-state index contributed by atoms with van der Waals surface area (Å²) in [5, 5.41) is 31.8. The first-order valence-electron chi connectivity index (χ1n) is 4.46. The number of aliphatic hydroxyl groups is 1. The van der Waals surface area contributed by atoms with Gasteiger partial charge in [-0.15, -0.1) is 0 Å². The second-order valence-electron chi connectivity index (χ2n) is 2.63. The zero-order chi connectivity index (χ0) is 12.1. The Kier molecular flexibility index (Phi) is 13.1. The fraction of sp³-hybridized carbons (Fsp3) is 0.667. The van der Waals surface area contributed by atoms with Gasteiger partial charge < -0.3 is 15.3 Å². The van der Waals surface area contributed by atoms with E-state index >= 15 is 0 Å². The highest BCUT2D eigenvalue weighted by atomic mass is 16.4. The van der Waals surface area contributed by atoms with Gasteiger partial charge in [0.1, 0.15) is 0 Å². The first-order valence-corrected chi connectivity index (χ1v) is 4.46. The highest BCUT2D eigenvalue weighted by Crippen LogP contribution is 1.98. The summed E-state index contributed by atoms with van der Waals surface area (Å²) in [6, 6.07) is 1.77. The number of hydrogen-bond acceptors (Lipinski definition) is 4. The molecule has 3 N–H and O–H groups in total. The minimum Gasteiger partial charge on any atom is -0.481 e. The van der Waals surface area contributed by atoms with Crippen molar-refractivity contribution in [3.05, 3.63) is 0 Å². The quantitative estimate of drug-likeness (QED) is 0.561. The molecule has 0 aliphatic rings. The lowest BCUT2D eigenvalue weighted by Crippen LogP contribution is -1.97. The summed E-state index contributed by atoms with van der Waals surface area (Å²) >= 11 is 0. The van der Waals surface area contributed by atoms with Gasteiger partial charge in [-0.1, -0.05) is 0 Å². The van der Waals surface area contributed by atoms with Crippen LogP contribution in [-0.4, -0.2) is 33.9 Å². The Balaban J connectivity index is 0. The highest BCUT2D eigenvalue weighted by Gasteiger charge is 1.99. The molecule has 0 saturated carbocycles. The first-order chi connectivity index (χ1) is 7.04. The molecule has 0 unspecified atom stereocenters. The summed E-state index contributed by atoms with van der Waals surface area (Å²) in [6.07, 6.45) is 1.27. The van der Waals surface area contributed by atoms with E-state index in [1.54, 1.807) is 6.07 Å². The smallest absolute Gasteiger partial charge is 0.303 e. The van der Waals surface area contributed by atoms with Crippen molar-refractivity contribution in [2.75, 3.05) is 6.61 Å². The molecule has 0 aliphatic carbocycles. The molecule has 0 heterocycles. The number of carboxylic acids is 2. The van der Waals surface area contributed by atoms with Crippen LogP contribution in [0.1, 0.15) is 32.1 Å². The van der Waals surface area contributed by atoms with Gasteiger partial charge in [-0.3, -0.25) is 9.59 Å². The number of nitriles is 1.